The Bertz CT molecular complexity index is 372. The average Bonchev–Trinajstić information content (AvgIpc) is 2.59. The van der Waals surface area contributed by atoms with Gasteiger partial charge < -0.3 is 9.67 Å². The second-order valence-electron chi connectivity index (χ2n) is 3.19. The predicted molar refractivity (Wildman–Crippen MR) is 48.1 cm³/mol. The van der Waals surface area contributed by atoms with E-state index >= 15 is 0 Å². The third kappa shape index (κ3) is 3.06. The van der Waals surface area contributed by atoms with Gasteiger partial charge in [-0.1, -0.05) is 6.58 Å². The van der Waals surface area contributed by atoms with Crippen LogP contribution >= 0.6 is 0 Å². The third-order valence-corrected chi connectivity index (χ3v) is 1.93. The summed E-state index contributed by atoms with van der Waals surface area (Å²) in [7, 11) is 0. The molecule has 0 aliphatic carbocycles. The second-order valence-corrected chi connectivity index (χ2v) is 3.19. The summed E-state index contributed by atoms with van der Waals surface area (Å²) in [5, 5.41) is 8.97. The van der Waals surface area contributed by atoms with E-state index in [-0.39, 0.29) is 13.0 Å². The highest BCUT2D eigenvalue weighted by Gasteiger charge is 2.42. The molecular weight excluding hydrogens is 228 g/mol. The van der Waals surface area contributed by atoms with Gasteiger partial charge in [-0.2, -0.15) is 13.2 Å². The molecule has 1 heterocycles. The van der Waals surface area contributed by atoms with Gasteiger partial charge in [-0.3, -0.25) is 0 Å². The Hall–Kier alpha value is -1.37. The van der Waals surface area contributed by atoms with Crippen LogP contribution < -0.4 is 0 Å². The fourth-order valence-corrected chi connectivity index (χ4v) is 1.15. The molecule has 16 heavy (non-hydrogen) atoms. The Balaban J connectivity index is 2.81. The molecule has 1 aromatic rings. The van der Waals surface area contributed by atoms with Crippen molar-refractivity contribution in [2.75, 3.05) is 0 Å². The normalized spacial score (nSPS) is 13.8. The Morgan fingerprint density at radius 1 is 1.56 bits per heavy atom. The molecule has 0 fully saturated rings. The van der Waals surface area contributed by atoms with Crippen LogP contribution in [0.4, 0.5) is 17.6 Å². The van der Waals surface area contributed by atoms with Gasteiger partial charge in [0.1, 0.15) is 5.82 Å². The van der Waals surface area contributed by atoms with E-state index in [4.69, 9.17) is 5.11 Å². The summed E-state index contributed by atoms with van der Waals surface area (Å²) in [6, 6.07) is 0. The Morgan fingerprint density at radius 3 is 2.69 bits per heavy atom. The first kappa shape index (κ1) is 12.7. The van der Waals surface area contributed by atoms with E-state index in [1.807, 2.05) is 0 Å². The van der Waals surface area contributed by atoms with Gasteiger partial charge in [-0.15, -0.1) is 0 Å². The Morgan fingerprint density at radius 2 is 2.19 bits per heavy atom. The fraction of sp³-hybridized carbons (Fsp3) is 0.444. The molecule has 0 saturated carbocycles. The summed E-state index contributed by atoms with van der Waals surface area (Å²) in [6.07, 6.45) is -5.20. The van der Waals surface area contributed by atoms with Crippen LogP contribution in [-0.4, -0.2) is 20.8 Å². The highest BCUT2D eigenvalue weighted by Crippen LogP contribution is 2.31. The molecule has 1 unspecified atom stereocenters. The average molecular weight is 238 g/mol. The summed E-state index contributed by atoms with van der Waals surface area (Å²) in [5.74, 6) is -1.19. The first-order chi connectivity index (χ1) is 7.32. The number of alkyl halides is 3. The van der Waals surface area contributed by atoms with Gasteiger partial charge in [-0.25, -0.2) is 9.37 Å². The number of aromatic nitrogens is 2. The number of imidazole rings is 1. The highest BCUT2D eigenvalue weighted by atomic mass is 19.4. The summed E-state index contributed by atoms with van der Waals surface area (Å²) < 4.78 is 50.0. The van der Waals surface area contributed by atoms with Gasteiger partial charge in [0.05, 0.1) is 5.83 Å². The number of hydrogen-bond acceptors (Lipinski definition) is 2. The van der Waals surface area contributed by atoms with Gasteiger partial charge in [0.15, 0.2) is 0 Å². The van der Waals surface area contributed by atoms with E-state index in [9.17, 15) is 17.6 Å². The summed E-state index contributed by atoms with van der Waals surface area (Å²) in [5.41, 5.74) is 0. The van der Waals surface area contributed by atoms with Crippen molar-refractivity contribution in [1.82, 2.24) is 9.55 Å². The zero-order chi connectivity index (χ0) is 12.3. The van der Waals surface area contributed by atoms with Crippen LogP contribution in [0.5, 0.6) is 0 Å². The van der Waals surface area contributed by atoms with E-state index in [2.05, 4.69) is 11.6 Å². The Labute approximate surface area is 89.0 Å². The molecule has 0 amide bonds. The molecule has 90 valence electrons. The van der Waals surface area contributed by atoms with Crippen molar-refractivity contribution >= 4 is 0 Å². The smallest absolute Gasteiger partial charge is 0.377 e. The standard InChI is InChI=1S/C9H10F4N2O/c1-6(10)2-4-15-5-3-14-8(15)7(16)9(11,12)13/h3,5,7,16H,1-2,4H2. The zero-order valence-electron chi connectivity index (χ0n) is 8.21. The number of aryl methyl sites for hydroxylation is 1. The van der Waals surface area contributed by atoms with Crippen molar-refractivity contribution in [3.63, 3.8) is 0 Å². The minimum Gasteiger partial charge on any atom is -0.377 e. The molecule has 0 aliphatic rings. The van der Waals surface area contributed by atoms with Crippen molar-refractivity contribution in [3.05, 3.63) is 30.6 Å². The predicted octanol–water partition coefficient (Wildman–Crippen LogP) is 2.35. The van der Waals surface area contributed by atoms with Crippen molar-refractivity contribution in [2.45, 2.75) is 25.2 Å². The molecule has 0 saturated heterocycles. The number of rotatable bonds is 4. The first-order valence-electron chi connectivity index (χ1n) is 4.41. The number of nitrogens with zero attached hydrogens (tertiary/aromatic N) is 2. The largest absolute Gasteiger partial charge is 0.421 e. The number of halogens is 4. The maximum atomic E-state index is 12.3. The minimum atomic E-state index is -4.78. The number of allylic oxidation sites excluding steroid dienone is 1. The number of aliphatic hydroxyl groups excluding tert-OH is 1. The van der Waals surface area contributed by atoms with Crippen LogP contribution in [0.2, 0.25) is 0 Å². The summed E-state index contributed by atoms with van der Waals surface area (Å²) >= 11 is 0. The molecule has 0 aliphatic heterocycles. The van der Waals surface area contributed by atoms with Crippen molar-refractivity contribution in [1.29, 1.82) is 0 Å². The molecule has 1 aromatic heterocycles. The quantitative estimate of drug-likeness (QED) is 0.817. The van der Waals surface area contributed by atoms with Crippen LogP contribution in [0.3, 0.4) is 0 Å². The van der Waals surface area contributed by atoms with E-state index < -0.39 is 23.9 Å². The summed E-state index contributed by atoms with van der Waals surface area (Å²) in [6.45, 7) is 2.95. The van der Waals surface area contributed by atoms with Crippen molar-refractivity contribution in [3.8, 4) is 0 Å². The molecule has 0 spiro atoms. The van der Waals surface area contributed by atoms with Crippen LogP contribution in [0.1, 0.15) is 18.3 Å². The van der Waals surface area contributed by atoms with Gasteiger partial charge >= 0.3 is 6.18 Å². The van der Waals surface area contributed by atoms with Crippen molar-refractivity contribution < 1.29 is 22.7 Å². The first-order valence-corrected chi connectivity index (χ1v) is 4.41. The van der Waals surface area contributed by atoms with Gasteiger partial charge in [0.25, 0.3) is 0 Å². The van der Waals surface area contributed by atoms with E-state index in [1.165, 1.54) is 6.20 Å². The lowest BCUT2D eigenvalue weighted by atomic mass is 10.3. The molecule has 0 aromatic carbocycles. The molecule has 1 atom stereocenters. The molecular formula is C9H10F4N2O. The van der Waals surface area contributed by atoms with Crippen molar-refractivity contribution in [2.24, 2.45) is 0 Å². The molecule has 0 bridgehead atoms. The number of aliphatic hydroxyl groups is 1. The summed E-state index contributed by atoms with van der Waals surface area (Å²) in [4.78, 5) is 3.40. The SMILES string of the molecule is C=C(F)CCn1ccnc1C(O)C(F)(F)F. The van der Waals surface area contributed by atoms with E-state index in [1.54, 1.807) is 0 Å². The molecule has 1 rings (SSSR count). The Kier molecular flexibility index (Phi) is 3.69. The van der Waals surface area contributed by atoms with Crippen LogP contribution in [0, 0.1) is 0 Å². The maximum Gasteiger partial charge on any atom is 0.421 e. The van der Waals surface area contributed by atoms with Gasteiger partial charge in [0, 0.05) is 25.4 Å². The van der Waals surface area contributed by atoms with E-state index in [0.29, 0.717) is 0 Å². The molecule has 0 radical (unpaired) electrons. The lowest BCUT2D eigenvalue weighted by Crippen LogP contribution is -2.24. The monoisotopic (exact) mass is 238 g/mol. The highest BCUT2D eigenvalue weighted by molar-refractivity contribution is 4.99. The molecule has 3 nitrogen and oxygen atoms in total. The maximum absolute atomic E-state index is 12.3. The van der Waals surface area contributed by atoms with Crippen LogP contribution in [0.15, 0.2) is 24.8 Å². The van der Waals surface area contributed by atoms with Gasteiger partial charge in [-0.05, 0) is 0 Å². The lowest BCUT2D eigenvalue weighted by molar-refractivity contribution is -0.209. The van der Waals surface area contributed by atoms with Crippen LogP contribution in [-0.2, 0) is 6.54 Å². The van der Waals surface area contributed by atoms with Crippen LogP contribution in [0.25, 0.3) is 0 Å². The third-order valence-electron chi connectivity index (χ3n) is 1.93. The topological polar surface area (TPSA) is 38.0 Å². The lowest BCUT2D eigenvalue weighted by Gasteiger charge is -2.15. The zero-order valence-corrected chi connectivity index (χ0v) is 8.21. The van der Waals surface area contributed by atoms with Gasteiger partial charge in [0.2, 0.25) is 6.10 Å². The second kappa shape index (κ2) is 4.65. The number of hydrogen-bond donors (Lipinski definition) is 1. The minimum absolute atomic E-state index is 0.0438. The fourth-order valence-electron chi connectivity index (χ4n) is 1.15. The molecule has 1 N–H and O–H groups in total. The van der Waals surface area contributed by atoms with E-state index in [0.717, 1.165) is 10.8 Å². The molecule has 7 heteroatoms.